The van der Waals surface area contributed by atoms with Crippen molar-refractivity contribution >= 4 is 17.0 Å². The Bertz CT molecular complexity index is 233. The largest absolute Gasteiger partial charge is 0.480 e. The van der Waals surface area contributed by atoms with Crippen molar-refractivity contribution in [2.75, 3.05) is 0 Å². The molecule has 0 aromatic heterocycles. The Labute approximate surface area is 87.7 Å². The predicted molar refractivity (Wildman–Crippen MR) is 57.3 cm³/mol. The quantitative estimate of drug-likeness (QED) is 0.748. The van der Waals surface area contributed by atoms with Crippen LogP contribution in [0, 0.1) is 5.92 Å². The zero-order valence-electron chi connectivity index (χ0n) is 9.33. The fraction of sp³-hybridized carbons (Fsp3) is 0.889. The molecule has 0 radical (unpaired) electrons. The van der Waals surface area contributed by atoms with Crippen molar-refractivity contribution in [3.8, 4) is 0 Å². The van der Waals surface area contributed by atoms with Gasteiger partial charge < -0.3 is 5.11 Å². The lowest BCUT2D eigenvalue weighted by Gasteiger charge is -2.23. The summed E-state index contributed by atoms with van der Waals surface area (Å²) in [6.07, 6.45) is 0. The molecule has 0 saturated heterocycles. The van der Waals surface area contributed by atoms with E-state index in [-0.39, 0.29) is 5.92 Å². The van der Waals surface area contributed by atoms with Gasteiger partial charge in [-0.1, -0.05) is 13.8 Å². The molecule has 0 fully saturated rings. The highest BCUT2D eigenvalue weighted by Gasteiger charge is 2.28. The van der Waals surface area contributed by atoms with Crippen LogP contribution < -0.4 is 4.72 Å². The van der Waals surface area contributed by atoms with Gasteiger partial charge in [-0.25, -0.2) is 8.93 Å². The first-order valence-electron chi connectivity index (χ1n) is 4.57. The molecule has 0 heterocycles. The molecule has 84 valence electrons. The molecule has 5 heteroatoms. The van der Waals surface area contributed by atoms with Gasteiger partial charge in [-0.15, -0.1) is 0 Å². The molecular weight excluding hydrogens is 202 g/mol. The minimum Gasteiger partial charge on any atom is -0.480 e. The van der Waals surface area contributed by atoms with Crippen LogP contribution in [0.15, 0.2) is 0 Å². The van der Waals surface area contributed by atoms with Crippen molar-refractivity contribution in [2.24, 2.45) is 5.92 Å². The van der Waals surface area contributed by atoms with Gasteiger partial charge in [-0.2, -0.15) is 0 Å². The lowest BCUT2D eigenvalue weighted by Crippen LogP contribution is -2.46. The molecule has 1 unspecified atom stereocenters. The maximum absolute atomic E-state index is 11.6. The third-order valence-corrected chi connectivity index (χ3v) is 3.30. The summed E-state index contributed by atoms with van der Waals surface area (Å²) >= 11 is 0. The van der Waals surface area contributed by atoms with E-state index >= 15 is 0 Å². The zero-order chi connectivity index (χ0) is 11.5. The number of carboxylic acid groups (broad SMARTS) is 1. The average molecular weight is 221 g/mol. The standard InChI is InChI=1S/C9H19NO3S/c1-6(2)7(8(11)12)10-14(13)9(3,4)5/h6-7,10H,1-5H3,(H,11,12)/t7-,14?/m0/s1. The van der Waals surface area contributed by atoms with E-state index < -0.39 is 27.7 Å². The minimum absolute atomic E-state index is 0.0844. The third kappa shape index (κ3) is 4.19. The molecule has 0 aromatic carbocycles. The van der Waals surface area contributed by atoms with Gasteiger partial charge in [-0.05, 0) is 26.7 Å². The molecule has 0 aliphatic rings. The lowest BCUT2D eigenvalue weighted by atomic mass is 10.1. The summed E-state index contributed by atoms with van der Waals surface area (Å²) in [5, 5.41) is 8.86. The molecule has 0 aliphatic carbocycles. The topological polar surface area (TPSA) is 66.4 Å². The Balaban J connectivity index is 4.48. The summed E-state index contributed by atoms with van der Waals surface area (Å²) in [4.78, 5) is 10.8. The van der Waals surface area contributed by atoms with Crippen LogP contribution in [0.4, 0.5) is 0 Å². The Morgan fingerprint density at radius 1 is 1.36 bits per heavy atom. The fourth-order valence-corrected chi connectivity index (χ4v) is 1.72. The Hall–Kier alpha value is -0.420. The second-order valence-corrected chi connectivity index (χ2v) is 6.56. The van der Waals surface area contributed by atoms with Crippen LogP contribution in [-0.4, -0.2) is 26.1 Å². The van der Waals surface area contributed by atoms with E-state index in [1.54, 1.807) is 34.6 Å². The van der Waals surface area contributed by atoms with Crippen LogP contribution in [0.2, 0.25) is 0 Å². The summed E-state index contributed by atoms with van der Waals surface area (Å²) in [6.45, 7) is 8.97. The molecule has 2 N–H and O–H groups in total. The zero-order valence-corrected chi connectivity index (χ0v) is 10.1. The van der Waals surface area contributed by atoms with E-state index in [0.717, 1.165) is 0 Å². The number of aliphatic carboxylic acids is 1. The van der Waals surface area contributed by atoms with E-state index in [9.17, 15) is 9.00 Å². The second kappa shape index (κ2) is 4.89. The van der Waals surface area contributed by atoms with Crippen molar-refractivity contribution in [1.29, 1.82) is 0 Å². The number of carboxylic acids is 1. The van der Waals surface area contributed by atoms with Crippen molar-refractivity contribution < 1.29 is 14.1 Å². The number of nitrogens with one attached hydrogen (secondary N) is 1. The van der Waals surface area contributed by atoms with E-state index in [2.05, 4.69) is 4.72 Å². The van der Waals surface area contributed by atoms with Crippen molar-refractivity contribution in [3.05, 3.63) is 0 Å². The van der Waals surface area contributed by atoms with Gasteiger partial charge in [0.15, 0.2) is 0 Å². The van der Waals surface area contributed by atoms with Crippen LogP contribution in [0.1, 0.15) is 34.6 Å². The summed E-state index contributed by atoms with van der Waals surface area (Å²) in [5.74, 6) is -1.04. The maximum Gasteiger partial charge on any atom is 0.321 e. The number of rotatable bonds is 4. The van der Waals surface area contributed by atoms with Crippen LogP contribution >= 0.6 is 0 Å². The molecule has 0 amide bonds. The first-order valence-corrected chi connectivity index (χ1v) is 5.72. The molecule has 0 rings (SSSR count). The molecule has 0 aromatic rings. The van der Waals surface area contributed by atoms with E-state index in [4.69, 9.17) is 5.11 Å². The van der Waals surface area contributed by atoms with Gasteiger partial charge >= 0.3 is 5.97 Å². The summed E-state index contributed by atoms with van der Waals surface area (Å²) in [6, 6.07) is -0.755. The first kappa shape index (κ1) is 13.6. The van der Waals surface area contributed by atoms with Crippen molar-refractivity contribution in [1.82, 2.24) is 4.72 Å². The van der Waals surface area contributed by atoms with Gasteiger partial charge in [0.05, 0.1) is 15.7 Å². The minimum atomic E-state index is -1.34. The summed E-state index contributed by atoms with van der Waals surface area (Å²) < 4.78 is 13.8. The van der Waals surface area contributed by atoms with E-state index in [1.165, 1.54) is 0 Å². The van der Waals surface area contributed by atoms with Gasteiger partial charge in [0, 0.05) is 0 Å². The number of hydrogen-bond donors (Lipinski definition) is 2. The second-order valence-electron chi connectivity index (χ2n) is 4.56. The molecule has 0 aliphatic heterocycles. The van der Waals surface area contributed by atoms with Crippen LogP contribution in [0.5, 0.6) is 0 Å². The lowest BCUT2D eigenvalue weighted by molar-refractivity contribution is -0.140. The Kier molecular flexibility index (Phi) is 4.74. The molecular formula is C9H19NO3S. The molecule has 2 atom stereocenters. The smallest absolute Gasteiger partial charge is 0.321 e. The van der Waals surface area contributed by atoms with Gasteiger partial charge in [0.2, 0.25) is 0 Å². The van der Waals surface area contributed by atoms with Crippen LogP contribution in [-0.2, 0) is 15.8 Å². The summed E-state index contributed by atoms with van der Waals surface area (Å²) in [5.41, 5.74) is 0. The fourth-order valence-electron chi connectivity index (χ4n) is 0.764. The number of carbonyl (C=O) groups is 1. The Morgan fingerprint density at radius 3 is 2.00 bits per heavy atom. The molecule has 14 heavy (non-hydrogen) atoms. The van der Waals surface area contributed by atoms with Gasteiger partial charge in [0.25, 0.3) is 0 Å². The average Bonchev–Trinajstić information content (AvgIpc) is 1.96. The normalized spacial score (nSPS) is 16.7. The Morgan fingerprint density at radius 2 is 1.79 bits per heavy atom. The van der Waals surface area contributed by atoms with Crippen LogP contribution in [0.25, 0.3) is 0 Å². The van der Waals surface area contributed by atoms with Gasteiger partial charge in [-0.3, -0.25) is 4.79 Å². The third-order valence-electron chi connectivity index (χ3n) is 1.72. The van der Waals surface area contributed by atoms with Crippen LogP contribution in [0.3, 0.4) is 0 Å². The molecule has 0 spiro atoms. The number of hydrogen-bond acceptors (Lipinski definition) is 2. The van der Waals surface area contributed by atoms with Crippen molar-refractivity contribution in [3.63, 3.8) is 0 Å². The first-order chi connectivity index (χ1) is 6.16. The summed E-state index contributed by atoms with van der Waals surface area (Å²) in [7, 11) is -1.34. The molecule has 0 saturated carbocycles. The molecule has 4 nitrogen and oxygen atoms in total. The highest BCUT2D eigenvalue weighted by atomic mass is 32.2. The highest BCUT2D eigenvalue weighted by molar-refractivity contribution is 7.84. The van der Waals surface area contributed by atoms with Gasteiger partial charge in [0.1, 0.15) is 6.04 Å². The van der Waals surface area contributed by atoms with E-state index in [0.29, 0.717) is 0 Å². The predicted octanol–water partition coefficient (Wildman–Crippen LogP) is 1.15. The highest BCUT2D eigenvalue weighted by Crippen LogP contribution is 2.11. The monoisotopic (exact) mass is 221 g/mol. The maximum atomic E-state index is 11.6. The van der Waals surface area contributed by atoms with E-state index in [1.807, 2.05) is 0 Å². The SMILES string of the molecule is CC(C)[C@H](NS(=O)C(C)(C)C)C(=O)O. The van der Waals surface area contributed by atoms with Crippen molar-refractivity contribution in [2.45, 2.75) is 45.4 Å². The molecule has 0 bridgehead atoms.